The van der Waals surface area contributed by atoms with Crippen LogP contribution >= 0.6 is 0 Å². The molecule has 1 N–H and O–H groups in total. The number of hydrogen-bond donors (Lipinski definition) is 1. The Morgan fingerprint density at radius 2 is 1.93 bits per heavy atom. The minimum Gasteiger partial charge on any atom is -0.297 e. The third kappa shape index (κ3) is 4.78. The van der Waals surface area contributed by atoms with Crippen LogP contribution < -0.4 is 4.72 Å². The molecule has 30 heavy (non-hydrogen) atoms. The van der Waals surface area contributed by atoms with Crippen LogP contribution in [0.25, 0.3) is 0 Å². The predicted molar refractivity (Wildman–Crippen MR) is 101 cm³/mol. The number of nitrogens with one attached hydrogen (secondary N) is 1. The molecule has 2 aromatic carbocycles. The van der Waals surface area contributed by atoms with E-state index >= 15 is 0 Å². The Morgan fingerprint density at radius 1 is 1.23 bits per heavy atom. The van der Waals surface area contributed by atoms with Crippen LogP contribution in [0.4, 0.5) is 18.9 Å². The lowest BCUT2D eigenvalue weighted by Crippen LogP contribution is -2.39. The Balaban J connectivity index is 1.81. The molecule has 8 nitrogen and oxygen atoms in total. The highest BCUT2D eigenvalue weighted by Crippen LogP contribution is 2.35. The van der Waals surface area contributed by atoms with Crippen molar-refractivity contribution in [2.75, 3.05) is 13.7 Å². The zero-order valence-electron chi connectivity index (χ0n) is 15.7. The molecule has 2 unspecified atom stereocenters. The maximum Gasteiger partial charge on any atom is 0.416 e. The fraction of sp³-hybridized carbons (Fsp3) is 0.333. The highest BCUT2D eigenvalue weighted by atomic mass is 32.2. The summed E-state index contributed by atoms with van der Waals surface area (Å²) in [5, 5.41) is 11.2. The third-order valence-corrected chi connectivity index (χ3v) is 6.48. The number of hydroxylamine groups is 2. The molecule has 2 atom stereocenters. The average molecular weight is 445 g/mol. The molecular weight excluding hydrogens is 427 g/mol. The Bertz CT molecular complexity index is 1050. The zero-order chi connectivity index (χ0) is 22.1. The van der Waals surface area contributed by atoms with Gasteiger partial charge >= 0.3 is 6.18 Å². The van der Waals surface area contributed by atoms with Crippen molar-refractivity contribution < 1.29 is 31.3 Å². The van der Waals surface area contributed by atoms with Crippen molar-refractivity contribution in [2.45, 2.75) is 24.0 Å². The molecule has 2 aromatic rings. The molecule has 3 rings (SSSR count). The SMILES string of the molecule is CN1OCC(S(=O)(=O)NCc2cccc(C(F)(F)F)c2)C1c1cccc([N+](=O)[O-])c1. The Kier molecular flexibility index (Phi) is 6.13. The molecule has 0 radical (unpaired) electrons. The number of benzene rings is 2. The second-order valence-corrected chi connectivity index (χ2v) is 8.73. The summed E-state index contributed by atoms with van der Waals surface area (Å²) in [4.78, 5) is 15.8. The minimum absolute atomic E-state index is 0.146. The smallest absolute Gasteiger partial charge is 0.297 e. The fourth-order valence-electron chi connectivity index (χ4n) is 3.25. The summed E-state index contributed by atoms with van der Waals surface area (Å²) in [6.45, 7) is -0.546. The van der Waals surface area contributed by atoms with Crippen LogP contribution in [-0.4, -0.2) is 37.3 Å². The molecule has 1 heterocycles. The van der Waals surface area contributed by atoms with Gasteiger partial charge in [-0.3, -0.25) is 15.0 Å². The second-order valence-electron chi connectivity index (χ2n) is 6.74. The first-order valence-electron chi connectivity index (χ1n) is 8.74. The van der Waals surface area contributed by atoms with E-state index in [2.05, 4.69) is 4.72 Å². The van der Waals surface area contributed by atoms with Crippen molar-refractivity contribution in [1.82, 2.24) is 9.79 Å². The van der Waals surface area contributed by atoms with Gasteiger partial charge in [-0.25, -0.2) is 13.1 Å². The maximum absolute atomic E-state index is 12.9. The van der Waals surface area contributed by atoms with Crippen LogP contribution in [0.1, 0.15) is 22.7 Å². The van der Waals surface area contributed by atoms with E-state index in [1.807, 2.05) is 0 Å². The first-order valence-corrected chi connectivity index (χ1v) is 10.3. The third-order valence-electron chi connectivity index (χ3n) is 4.74. The number of nitro benzene ring substituents is 1. The summed E-state index contributed by atoms with van der Waals surface area (Å²) in [6.07, 6.45) is -4.54. The number of non-ortho nitro benzene ring substituents is 1. The standard InChI is InChI=1S/C18H18F3N3O5S/c1-23-17(13-5-3-7-15(9-13)24(25)26)16(11-29-23)30(27,28)22-10-12-4-2-6-14(8-12)18(19,20)21/h2-9,16-17,22H,10-11H2,1H3. The van der Waals surface area contributed by atoms with Crippen LogP contribution in [0.15, 0.2) is 48.5 Å². The molecule has 12 heteroatoms. The van der Waals surface area contributed by atoms with E-state index in [9.17, 15) is 31.7 Å². The van der Waals surface area contributed by atoms with Gasteiger partial charge in [-0.15, -0.1) is 0 Å². The number of hydrogen-bond acceptors (Lipinski definition) is 6. The first kappa shape index (κ1) is 22.2. The lowest BCUT2D eigenvalue weighted by molar-refractivity contribution is -0.385. The number of nitro groups is 1. The molecule has 1 aliphatic rings. The molecule has 1 aliphatic heterocycles. The summed E-state index contributed by atoms with van der Waals surface area (Å²) in [6, 6.07) is 9.08. The maximum atomic E-state index is 12.9. The number of rotatable bonds is 6. The van der Waals surface area contributed by atoms with Crippen LogP contribution in [0.3, 0.4) is 0 Å². The number of halogens is 3. The van der Waals surface area contributed by atoms with Gasteiger partial charge in [-0.2, -0.15) is 18.2 Å². The van der Waals surface area contributed by atoms with Gasteiger partial charge in [-0.1, -0.05) is 30.3 Å². The van der Waals surface area contributed by atoms with Crippen molar-refractivity contribution in [3.05, 3.63) is 75.3 Å². The van der Waals surface area contributed by atoms with Gasteiger partial charge in [0.25, 0.3) is 5.69 Å². The minimum atomic E-state index is -4.54. The van der Waals surface area contributed by atoms with Crippen LogP contribution in [-0.2, 0) is 27.6 Å². The van der Waals surface area contributed by atoms with Crippen LogP contribution in [0, 0.1) is 10.1 Å². The normalized spacial score (nSPS) is 20.4. The van der Waals surface area contributed by atoms with Crippen LogP contribution in [0.5, 0.6) is 0 Å². The first-order chi connectivity index (χ1) is 14.0. The average Bonchev–Trinajstić information content (AvgIpc) is 3.08. The molecule has 0 aromatic heterocycles. The van der Waals surface area contributed by atoms with Crippen molar-refractivity contribution in [2.24, 2.45) is 0 Å². The number of sulfonamides is 1. The quantitative estimate of drug-likeness (QED) is 0.542. The van der Waals surface area contributed by atoms with E-state index in [0.29, 0.717) is 5.56 Å². The van der Waals surface area contributed by atoms with Crippen molar-refractivity contribution in [1.29, 1.82) is 0 Å². The van der Waals surface area contributed by atoms with Crippen LogP contribution in [0.2, 0.25) is 0 Å². The van der Waals surface area contributed by atoms with Crippen molar-refractivity contribution in [3.63, 3.8) is 0 Å². The highest BCUT2D eigenvalue weighted by Gasteiger charge is 2.43. The van der Waals surface area contributed by atoms with Gasteiger partial charge in [-0.05, 0) is 17.2 Å². The van der Waals surface area contributed by atoms with E-state index in [1.165, 1.54) is 42.4 Å². The Labute approximate surface area is 170 Å². The molecule has 0 aliphatic carbocycles. The van der Waals surface area contributed by atoms with E-state index < -0.39 is 38.0 Å². The molecular formula is C18H18F3N3O5S. The summed E-state index contributed by atoms with van der Waals surface area (Å²) >= 11 is 0. The summed E-state index contributed by atoms with van der Waals surface area (Å²) in [5.74, 6) is 0. The molecule has 0 bridgehead atoms. The molecule has 162 valence electrons. The fourth-order valence-corrected chi connectivity index (χ4v) is 4.74. The molecule has 0 spiro atoms. The summed E-state index contributed by atoms with van der Waals surface area (Å²) in [5.41, 5.74) is -0.551. The van der Waals surface area contributed by atoms with Gasteiger partial charge in [0, 0.05) is 25.7 Å². The van der Waals surface area contributed by atoms with Gasteiger partial charge in [0.2, 0.25) is 10.0 Å². The van der Waals surface area contributed by atoms with Gasteiger partial charge in [0.05, 0.1) is 23.1 Å². The van der Waals surface area contributed by atoms with Crippen molar-refractivity contribution >= 4 is 15.7 Å². The van der Waals surface area contributed by atoms with Crippen molar-refractivity contribution in [3.8, 4) is 0 Å². The lowest BCUT2D eigenvalue weighted by Gasteiger charge is -2.23. The highest BCUT2D eigenvalue weighted by molar-refractivity contribution is 7.90. The van der Waals surface area contributed by atoms with Gasteiger partial charge in [0.15, 0.2) is 0 Å². The zero-order valence-corrected chi connectivity index (χ0v) is 16.5. The Morgan fingerprint density at radius 3 is 2.60 bits per heavy atom. The van der Waals surface area contributed by atoms with E-state index in [1.54, 1.807) is 6.07 Å². The Hall–Kier alpha value is -2.54. The number of alkyl halides is 3. The number of nitrogens with zero attached hydrogens (tertiary/aromatic N) is 2. The monoisotopic (exact) mass is 445 g/mol. The second kappa shape index (κ2) is 8.30. The largest absolute Gasteiger partial charge is 0.416 e. The molecule has 0 amide bonds. The molecule has 0 saturated carbocycles. The van der Waals surface area contributed by atoms with E-state index in [-0.39, 0.29) is 24.4 Å². The molecule has 1 saturated heterocycles. The predicted octanol–water partition coefficient (Wildman–Crippen LogP) is 3.02. The topological polar surface area (TPSA) is 102 Å². The summed E-state index contributed by atoms with van der Waals surface area (Å²) < 4.78 is 66.6. The lowest BCUT2D eigenvalue weighted by atomic mass is 10.0. The molecule has 1 fully saturated rings. The van der Waals surface area contributed by atoms with Gasteiger partial charge in [0.1, 0.15) is 5.25 Å². The van der Waals surface area contributed by atoms with E-state index in [4.69, 9.17) is 4.84 Å². The van der Waals surface area contributed by atoms with Gasteiger partial charge < -0.3 is 0 Å². The van der Waals surface area contributed by atoms with E-state index in [0.717, 1.165) is 12.1 Å². The summed E-state index contributed by atoms with van der Waals surface area (Å²) in [7, 11) is -2.53.